The maximum atomic E-state index is 5.95. The van der Waals surface area contributed by atoms with Gasteiger partial charge in [0.25, 0.3) is 0 Å². The molecule has 0 aliphatic heterocycles. The molecule has 0 aromatic heterocycles. The Kier molecular flexibility index (Phi) is 9.60. The smallest absolute Gasteiger partial charge is 0.189 e. The minimum absolute atomic E-state index is 0.750. The summed E-state index contributed by atoms with van der Waals surface area (Å²) in [5.41, 5.74) is 0. The lowest BCUT2D eigenvalue weighted by Crippen LogP contribution is -2.36. The van der Waals surface area contributed by atoms with E-state index in [1.54, 1.807) is 0 Å². The van der Waals surface area contributed by atoms with Crippen LogP contribution in [-0.4, -0.2) is 30.3 Å². The van der Waals surface area contributed by atoms with Crippen LogP contribution in [0.1, 0.15) is 40.5 Å². The summed E-state index contributed by atoms with van der Waals surface area (Å²) in [7, 11) is -2.00. The monoisotopic (exact) mass is 262 g/mol. The summed E-state index contributed by atoms with van der Waals surface area (Å²) >= 11 is 0. The lowest BCUT2D eigenvalue weighted by molar-refractivity contribution is 0.277. The standard InChI is InChI=1S/C12H30O2Si2/c1-11(2)7-9-13-15(5)16(6)14-10-8-12(3)4/h11-12,15-16H,7-10H2,1-6H3. The molecule has 0 aliphatic rings. The zero-order valence-electron chi connectivity index (χ0n) is 12.0. The molecule has 0 heterocycles. The normalized spacial score (nSPS) is 15.8. The van der Waals surface area contributed by atoms with E-state index in [0.29, 0.717) is 0 Å². The van der Waals surface area contributed by atoms with Crippen molar-refractivity contribution in [2.45, 2.75) is 53.6 Å². The van der Waals surface area contributed by atoms with Crippen molar-refractivity contribution >= 4 is 17.1 Å². The lowest BCUT2D eigenvalue weighted by Gasteiger charge is -2.19. The number of rotatable bonds is 9. The molecule has 98 valence electrons. The van der Waals surface area contributed by atoms with Crippen molar-refractivity contribution in [3.05, 3.63) is 0 Å². The van der Waals surface area contributed by atoms with E-state index in [4.69, 9.17) is 8.85 Å². The van der Waals surface area contributed by atoms with E-state index < -0.39 is 17.1 Å². The molecule has 0 saturated carbocycles. The molecule has 0 fully saturated rings. The number of hydrogen-bond donors (Lipinski definition) is 0. The summed E-state index contributed by atoms with van der Waals surface area (Å²) in [5, 5.41) is 0. The Morgan fingerprint density at radius 2 is 1.06 bits per heavy atom. The molecule has 2 atom stereocenters. The first-order valence-corrected chi connectivity index (χ1v) is 12.6. The molecular weight excluding hydrogens is 232 g/mol. The quantitative estimate of drug-likeness (QED) is 0.595. The minimum atomic E-state index is -1.00. The lowest BCUT2D eigenvalue weighted by atomic mass is 10.2. The summed E-state index contributed by atoms with van der Waals surface area (Å²) in [6, 6.07) is 0. The Bertz CT molecular complexity index is 145. The van der Waals surface area contributed by atoms with Crippen molar-refractivity contribution < 1.29 is 8.85 Å². The largest absolute Gasteiger partial charge is 0.421 e. The highest BCUT2D eigenvalue weighted by Gasteiger charge is 2.18. The van der Waals surface area contributed by atoms with Gasteiger partial charge in [-0.1, -0.05) is 27.7 Å². The maximum absolute atomic E-state index is 5.95. The van der Waals surface area contributed by atoms with Gasteiger partial charge in [0.2, 0.25) is 0 Å². The van der Waals surface area contributed by atoms with E-state index in [0.717, 1.165) is 25.0 Å². The molecule has 0 aromatic rings. The third-order valence-corrected chi connectivity index (χ3v) is 10.8. The van der Waals surface area contributed by atoms with Crippen LogP contribution in [0.15, 0.2) is 0 Å². The van der Waals surface area contributed by atoms with Crippen molar-refractivity contribution in [2.24, 2.45) is 11.8 Å². The second-order valence-corrected chi connectivity index (χ2v) is 14.6. The van der Waals surface area contributed by atoms with E-state index in [1.165, 1.54) is 12.8 Å². The third kappa shape index (κ3) is 9.57. The van der Waals surface area contributed by atoms with E-state index in [-0.39, 0.29) is 0 Å². The molecule has 0 aliphatic carbocycles. The van der Waals surface area contributed by atoms with Crippen molar-refractivity contribution in [1.82, 2.24) is 0 Å². The predicted molar refractivity (Wildman–Crippen MR) is 76.8 cm³/mol. The van der Waals surface area contributed by atoms with Crippen LogP contribution < -0.4 is 0 Å². The van der Waals surface area contributed by atoms with Crippen LogP contribution >= 0.6 is 0 Å². The molecule has 0 rings (SSSR count). The number of hydrogen-bond acceptors (Lipinski definition) is 2. The predicted octanol–water partition coefficient (Wildman–Crippen LogP) is 2.90. The van der Waals surface area contributed by atoms with Gasteiger partial charge in [-0.05, 0) is 37.8 Å². The minimum Gasteiger partial charge on any atom is -0.421 e. The molecule has 0 spiro atoms. The van der Waals surface area contributed by atoms with Gasteiger partial charge in [-0.15, -0.1) is 0 Å². The van der Waals surface area contributed by atoms with Crippen molar-refractivity contribution in [3.63, 3.8) is 0 Å². The van der Waals surface area contributed by atoms with Crippen LogP contribution in [0.5, 0.6) is 0 Å². The average Bonchev–Trinajstić information content (AvgIpc) is 2.16. The highest BCUT2D eigenvalue weighted by molar-refractivity contribution is 7.15. The molecule has 0 aromatic carbocycles. The van der Waals surface area contributed by atoms with Crippen molar-refractivity contribution in [3.8, 4) is 0 Å². The summed E-state index contributed by atoms with van der Waals surface area (Å²) in [6.45, 7) is 15.5. The molecule has 0 N–H and O–H groups in total. The Balaban J connectivity index is 3.52. The fourth-order valence-electron chi connectivity index (χ4n) is 1.25. The fraction of sp³-hybridized carbons (Fsp3) is 1.00. The van der Waals surface area contributed by atoms with Gasteiger partial charge in [-0.3, -0.25) is 0 Å². The van der Waals surface area contributed by atoms with E-state index in [9.17, 15) is 0 Å². The van der Waals surface area contributed by atoms with Gasteiger partial charge >= 0.3 is 0 Å². The molecule has 0 saturated heterocycles. The SMILES string of the molecule is CC(C)CCO[SiH](C)[SiH](C)OCCC(C)C. The first kappa shape index (κ1) is 16.4. The molecule has 0 amide bonds. The first-order valence-electron chi connectivity index (χ1n) is 6.66. The van der Waals surface area contributed by atoms with Gasteiger partial charge in [0.15, 0.2) is 17.1 Å². The highest BCUT2D eigenvalue weighted by atomic mass is 29.2. The summed E-state index contributed by atoms with van der Waals surface area (Å²) in [4.78, 5) is 0. The average molecular weight is 263 g/mol. The van der Waals surface area contributed by atoms with Crippen LogP contribution in [0.2, 0.25) is 13.1 Å². The molecule has 4 heteroatoms. The summed E-state index contributed by atoms with van der Waals surface area (Å²) in [5.74, 6) is 1.50. The van der Waals surface area contributed by atoms with Gasteiger partial charge < -0.3 is 8.85 Å². The topological polar surface area (TPSA) is 18.5 Å². The Hall–Kier alpha value is 0.354. The van der Waals surface area contributed by atoms with Gasteiger partial charge in [0.1, 0.15) is 0 Å². The summed E-state index contributed by atoms with van der Waals surface area (Å²) < 4.78 is 11.9. The van der Waals surface area contributed by atoms with Crippen LogP contribution in [0.3, 0.4) is 0 Å². The van der Waals surface area contributed by atoms with Crippen LogP contribution in [0.4, 0.5) is 0 Å². The highest BCUT2D eigenvalue weighted by Crippen LogP contribution is 2.04. The second kappa shape index (κ2) is 9.39. The van der Waals surface area contributed by atoms with Crippen molar-refractivity contribution in [2.75, 3.05) is 13.2 Å². The fourth-order valence-corrected chi connectivity index (χ4v) is 5.25. The molecule has 2 unspecified atom stereocenters. The zero-order chi connectivity index (χ0) is 12.6. The van der Waals surface area contributed by atoms with Crippen LogP contribution in [0.25, 0.3) is 0 Å². The van der Waals surface area contributed by atoms with Crippen LogP contribution in [-0.2, 0) is 8.85 Å². The Morgan fingerprint density at radius 1 is 0.750 bits per heavy atom. The molecule has 0 radical (unpaired) electrons. The molecular formula is C12H30O2Si2. The molecule has 0 bridgehead atoms. The van der Waals surface area contributed by atoms with E-state index in [1.807, 2.05) is 0 Å². The second-order valence-electron chi connectivity index (χ2n) is 5.52. The third-order valence-electron chi connectivity index (χ3n) is 2.81. The Morgan fingerprint density at radius 3 is 1.31 bits per heavy atom. The van der Waals surface area contributed by atoms with Gasteiger partial charge in [-0.2, -0.15) is 0 Å². The van der Waals surface area contributed by atoms with Gasteiger partial charge in [-0.25, -0.2) is 0 Å². The van der Waals surface area contributed by atoms with E-state index in [2.05, 4.69) is 40.8 Å². The van der Waals surface area contributed by atoms with E-state index >= 15 is 0 Å². The Labute approximate surface area is 105 Å². The van der Waals surface area contributed by atoms with Gasteiger partial charge in [0.05, 0.1) is 0 Å². The molecule has 16 heavy (non-hydrogen) atoms. The van der Waals surface area contributed by atoms with Crippen LogP contribution in [0, 0.1) is 11.8 Å². The zero-order valence-corrected chi connectivity index (χ0v) is 14.3. The van der Waals surface area contributed by atoms with Gasteiger partial charge in [0, 0.05) is 13.2 Å². The maximum Gasteiger partial charge on any atom is 0.189 e. The van der Waals surface area contributed by atoms with Crippen molar-refractivity contribution in [1.29, 1.82) is 0 Å². The first-order chi connectivity index (χ1) is 7.43. The summed E-state index contributed by atoms with van der Waals surface area (Å²) in [6.07, 6.45) is 2.37. The molecule has 2 nitrogen and oxygen atoms in total.